The fourth-order valence-corrected chi connectivity index (χ4v) is 3.60. The molecule has 0 heterocycles. The molecule has 0 N–H and O–H groups in total. The number of aldehydes is 1. The van der Waals surface area contributed by atoms with Gasteiger partial charge in [-0.05, 0) is 49.1 Å². The number of thioether (sulfide) groups is 2. The van der Waals surface area contributed by atoms with E-state index in [9.17, 15) is 9.59 Å². The third kappa shape index (κ3) is 3.06. The van der Waals surface area contributed by atoms with Crippen molar-refractivity contribution in [1.29, 1.82) is 0 Å². The van der Waals surface area contributed by atoms with Crippen LogP contribution in [-0.4, -0.2) is 24.6 Å². The summed E-state index contributed by atoms with van der Waals surface area (Å²) in [5.74, 6) is 0.281. The number of carbonyl (C=O) groups excluding carboxylic acids is 2. The molecule has 0 saturated heterocycles. The van der Waals surface area contributed by atoms with E-state index in [2.05, 4.69) is 18.2 Å². The maximum Gasteiger partial charge on any atom is 0.133 e. The highest BCUT2D eigenvalue weighted by atomic mass is 32.2. The van der Waals surface area contributed by atoms with E-state index in [4.69, 9.17) is 0 Å². The van der Waals surface area contributed by atoms with E-state index in [0.717, 1.165) is 11.8 Å². The van der Waals surface area contributed by atoms with Crippen LogP contribution in [0, 0.1) is 0 Å². The van der Waals surface area contributed by atoms with Gasteiger partial charge in [-0.2, -0.15) is 0 Å². The highest BCUT2D eigenvalue weighted by Gasteiger charge is 2.36. The summed E-state index contributed by atoms with van der Waals surface area (Å²) in [6.45, 7) is 0. The summed E-state index contributed by atoms with van der Waals surface area (Å²) in [7, 11) is 0. The Bertz CT molecular complexity index is 465. The molecule has 4 heteroatoms. The number of rotatable bonds is 4. The summed E-state index contributed by atoms with van der Waals surface area (Å²) < 4.78 is 0. The van der Waals surface area contributed by atoms with E-state index in [-0.39, 0.29) is 5.78 Å². The molecule has 19 heavy (non-hydrogen) atoms. The predicted octanol–water partition coefficient (Wildman–Crippen LogP) is 3.71. The van der Waals surface area contributed by atoms with Crippen LogP contribution < -0.4 is 0 Å². The van der Waals surface area contributed by atoms with Gasteiger partial charge in [0, 0.05) is 22.6 Å². The van der Waals surface area contributed by atoms with Crippen LogP contribution >= 0.6 is 23.5 Å². The van der Waals surface area contributed by atoms with Crippen molar-refractivity contribution in [3.63, 3.8) is 0 Å². The molecule has 2 nitrogen and oxygen atoms in total. The molecule has 1 saturated carbocycles. The molecular formula is C15H18O2S2. The second-order valence-electron chi connectivity index (χ2n) is 4.91. The van der Waals surface area contributed by atoms with E-state index in [1.165, 1.54) is 9.79 Å². The predicted molar refractivity (Wildman–Crippen MR) is 81.2 cm³/mol. The van der Waals surface area contributed by atoms with Crippen LogP contribution in [0.3, 0.4) is 0 Å². The molecule has 0 spiro atoms. The highest BCUT2D eigenvalue weighted by Crippen LogP contribution is 2.39. The zero-order chi connectivity index (χ0) is 13.9. The quantitative estimate of drug-likeness (QED) is 0.626. The first-order chi connectivity index (χ1) is 9.13. The Kier molecular flexibility index (Phi) is 4.74. The van der Waals surface area contributed by atoms with Crippen LogP contribution in [0.15, 0.2) is 28.0 Å². The second-order valence-corrected chi connectivity index (χ2v) is 6.67. The van der Waals surface area contributed by atoms with Crippen LogP contribution in [0.4, 0.5) is 0 Å². The van der Waals surface area contributed by atoms with Crippen LogP contribution in [0.5, 0.6) is 0 Å². The lowest BCUT2D eigenvalue weighted by atomic mass is 9.70. The van der Waals surface area contributed by atoms with Gasteiger partial charge >= 0.3 is 0 Å². The first-order valence-corrected chi connectivity index (χ1v) is 8.80. The van der Waals surface area contributed by atoms with Gasteiger partial charge in [0.2, 0.25) is 0 Å². The summed E-state index contributed by atoms with van der Waals surface area (Å²) in [5.41, 5.74) is 0.621. The van der Waals surface area contributed by atoms with Crippen molar-refractivity contribution in [3.8, 4) is 0 Å². The second kappa shape index (κ2) is 6.14. The molecule has 0 radical (unpaired) electrons. The smallest absolute Gasteiger partial charge is 0.133 e. The molecular weight excluding hydrogens is 276 g/mol. The SMILES string of the molecule is CSc1cc(SC)cc(C2(C=O)CCC(=O)CC2)c1. The number of hydrogen-bond donors (Lipinski definition) is 0. The van der Waals surface area contributed by atoms with Crippen molar-refractivity contribution in [1.82, 2.24) is 0 Å². The van der Waals surface area contributed by atoms with E-state index in [1.54, 1.807) is 23.5 Å². The average Bonchev–Trinajstić information content (AvgIpc) is 2.47. The molecule has 1 aliphatic rings. The lowest BCUT2D eigenvalue weighted by Gasteiger charge is -2.32. The molecule has 1 aromatic carbocycles. The molecule has 1 fully saturated rings. The summed E-state index contributed by atoms with van der Waals surface area (Å²) in [5, 5.41) is 0. The third-order valence-electron chi connectivity index (χ3n) is 3.85. The Morgan fingerprint density at radius 2 is 1.58 bits per heavy atom. The van der Waals surface area contributed by atoms with Gasteiger partial charge in [-0.1, -0.05) is 0 Å². The summed E-state index contributed by atoms with van der Waals surface area (Å²) in [4.78, 5) is 25.4. The first kappa shape index (κ1) is 14.7. The van der Waals surface area contributed by atoms with E-state index in [1.807, 2.05) is 12.5 Å². The van der Waals surface area contributed by atoms with Crippen LogP contribution in [0.2, 0.25) is 0 Å². The maximum atomic E-state index is 11.7. The standard InChI is InChI=1S/C15H18O2S2/c1-18-13-7-11(8-14(9-13)19-2)15(10-16)5-3-12(17)4-6-15/h7-10H,3-6H2,1-2H3. The Balaban J connectivity index is 2.42. The monoisotopic (exact) mass is 294 g/mol. The number of Topliss-reactive ketones (excluding diaryl/α,β-unsaturated/α-hetero) is 1. The highest BCUT2D eigenvalue weighted by molar-refractivity contribution is 7.99. The average molecular weight is 294 g/mol. The summed E-state index contributed by atoms with van der Waals surface area (Å²) >= 11 is 3.38. The minimum Gasteiger partial charge on any atom is -0.302 e. The zero-order valence-electron chi connectivity index (χ0n) is 11.3. The number of benzene rings is 1. The molecule has 2 rings (SSSR count). The summed E-state index contributed by atoms with van der Waals surface area (Å²) in [6, 6.07) is 6.36. The minimum atomic E-state index is -0.454. The van der Waals surface area contributed by atoms with Crippen LogP contribution in [0.25, 0.3) is 0 Å². The van der Waals surface area contributed by atoms with Gasteiger partial charge in [-0.3, -0.25) is 4.79 Å². The molecule has 0 aliphatic heterocycles. The minimum absolute atomic E-state index is 0.281. The lowest BCUT2D eigenvalue weighted by Crippen LogP contribution is -2.33. The number of carbonyl (C=O) groups is 2. The number of ketones is 1. The van der Waals surface area contributed by atoms with Crippen LogP contribution in [-0.2, 0) is 15.0 Å². The maximum absolute atomic E-state index is 11.7. The van der Waals surface area contributed by atoms with Crippen molar-refractivity contribution < 1.29 is 9.59 Å². The Hall–Kier alpha value is -0.740. The summed E-state index contributed by atoms with van der Waals surface area (Å²) in [6.07, 6.45) is 7.50. The molecule has 0 aromatic heterocycles. The zero-order valence-corrected chi connectivity index (χ0v) is 12.9. The van der Waals surface area contributed by atoms with Gasteiger partial charge in [0.25, 0.3) is 0 Å². The first-order valence-electron chi connectivity index (χ1n) is 6.35. The topological polar surface area (TPSA) is 34.1 Å². The molecule has 102 valence electrons. The van der Waals surface area contributed by atoms with E-state index < -0.39 is 5.41 Å². The molecule has 1 aliphatic carbocycles. The Morgan fingerprint density at radius 3 is 2.00 bits per heavy atom. The van der Waals surface area contributed by atoms with E-state index in [0.29, 0.717) is 25.7 Å². The lowest BCUT2D eigenvalue weighted by molar-refractivity contribution is -0.123. The van der Waals surface area contributed by atoms with Gasteiger partial charge in [-0.25, -0.2) is 0 Å². The largest absolute Gasteiger partial charge is 0.302 e. The normalized spacial score (nSPS) is 18.3. The van der Waals surface area contributed by atoms with Crippen molar-refractivity contribution >= 4 is 35.6 Å². The van der Waals surface area contributed by atoms with Crippen molar-refractivity contribution in [2.45, 2.75) is 40.9 Å². The number of hydrogen-bond acceptors (Lipinski definition) is 4. The molecule has 0 unspecified atom stereocenters. The van der Waals surface area contributed by atoms with Crippen molar-refractivity contribution in [2.24, 2.45) is 0 Å². The molecule has 0 amide bonds. The van der Waals surface area contributed by atoms with Crippen molar-refractivity contribution in [2.75, 3.05) is 12.5 Å². The van der Waals surface area contributed by atoms with Crippen LogP contribution in [0.1, 0.15) is 31.2 Å². The third-order valence-corrected chi connectivity index (χ3v) is 5.27. The van der Waals surface area contributed by atoms with Gasteiger partial charge in [-0.15, -0.1) is 23.5 Å². The van der Waals surface area contributed by atoms with Crippen molar-refractivity contribution in [3.05, 3.63) is 23.8 Å². The van der Waals surface area contributed by atoms with Gasteiger partial charge in [0.15, 0.2) is 0 Å². The molecule has 1 aromatic rings. The van der Waals surface area contributed by atoms with E-state index >= 15 is 0 Å². The fraction of sp³-hybridized carbons (Fsp3) is 0.467. The molecule has 0 bridgehead atoms. The Morgan fingerprint density at radius 1 is 1.05 bits per heavy atom. The van der Waals surface area contributed by atoms with Gasteiger partial charge < -0.3 is 4.79 Å². The van der Waals surface area contributed by atoms with Gasteiger partial charge in [0.05, 0.1) is 5.41 Å². The fourth-order valence-electron chi connectivity index (χ4n) is 2.54. The Labute approximate surface area is 122 Å². The van der Waals surface area contributed by atoms with Gasteiger partial charge in [0.1, 0.15) is 12.1 Å². The molecule has 0 atom stereocenters.